The number of aryl methyl sites for hydroxylation is 1. The number of fused-ring (bicyclic) bond motifs is 1. The molecule has 1 aromatic heterocycles. The summed E-state index contributed by atoms with van der Waals surface area (Å²) in [6.07, 6.45) is 1.63. The van der Waals surface area contributed by atoms with E-state index >= 15 is 0 Å². The molecule has 25 heavy (non-hydrogen) atoms. The second-order valence-electron chi connectivity index (χ2n) is 5.81. The summed E-state index contributed by atoms with van der Waals surface area (Å²) in [5, 5.41) is 11.3. The average Bonchev–Trinajstić information content (AvgIpc) is 2.55. The second kappa shape index (κ2) is 8.92. The van der Waals surface area contributed by atoms with E-state index in [4.69, 9.17) is 9.84 Å². The number of rotatable bonds is 3. The number of nitrogens with one attached hydrogen (secondary N) is 1. The molecule has 1 aromatic carbocycles. The zero-order chi connectivity index (χ0) is 16.4. The van der Waals surface area contributed by atoms with E-state index in [2.05, 4.69) is 17.2 Å². The molecule has 2 heterocycles. The van der Waals surface area contributed by atoms with Crippen LogP contribution in [-0.2, 0) is 0 Å². The number of carbonyl (C=O) groups is 1. The van der Waals surface area contributed by atoms with Crippen LogP contribution in [-0.4, -0.2) is 29.3 Å². The molecule has 0 bridgehead atoms. The predicted octanol–water partition coefficient (Wildman–Crippen LogP) is 4.34. The molecule has 7 heteroatoms. The number of hydrogen-bond donors (Lipinski definition) is 2. The Bertz CT molecular complexity index is 753. The number of carboxylic acid groups (broad SMARTS) is 1. The average molecular weight is 385 g/mol. The van der Waals surface area contributed by atoms with Crippen molar-refractivity contribution < 1.29 is 14.6 Å². The number of nitrogens with zero attached hydrogens (tertiary/aromatic N) is 1. The Hall–Kier alpha value is -1.98. The van der Waals surface area contributed by atoms with Crippen molar-refractivity contribution in [1.82, 2.24) is 10.3 Å². The fraction of sp³-hybridized carbons (Fsp3) is 0.333. The smallest absolute Gasteiger partial charge is 0.404 e. The number of pyridine rings is 1. The van der Waals surface area contributed by atoms with E-state index in [0.717, 1.165) is 40.1 Å². The van der Waals surface area contributed by atoms with Crippen LogP contribution in [0.1, 0.15) is 29.2 Å². The number of para-hydroxylation sites is 1. The molecule has 3 rings (SSSR count). The van der Waals surface area contributed by atoms with Crippen LogP contribution >= 0.6 is 24.8 Å². The first-order valence-corrected chi connectivity index (χ1v) is 7.73. The van der Waals surface area contributed by atoms with Crippen molar-refractivity contribution in [1.29, 1.82) is 0 Å². The lowest BCUT2D eigenvalue weighted by Gasteiger charge is -2.28. The van der Waals surface area contributed by atoms with Gasteiger partial charge in [0.15, 0.2) is 0 Å². The van der Waals surface area contributed by atoms with Crippen LogP contribution in [0.3, 0.4) is 0 Å². The molecule has 1 amide bonds. The first kappa shape index (κ1) is 21.1. The van der Waals surface area contributed by atoms with Crippen LogP contribution in [0.2, 0.25) is 0 Å². The predicted molar refractivity (Wildman–Crippen MR) is 103 cm³/mol. The molecule has 1 aliphatic heterocycles. The van der Waals surface area contributed by atoms with Crippen molar-refractivity contribution in [3.63, 3.8) is 0 Å². The Morgan fingerprint density at radius 3 is 2.76 bits per heavy atom. The van der Waals surface area contributed by atoms with Crippen LogP contribution in [0, 0.1) is 13.8 Å². The highest BCUT2D eigenvalue weighted by Crippen LogP contribution is 2.41. The Kier molecular flexibility index (Phi) is 7.52. The van der Waals surface area contributed by atoms with Crippen LogP contribution < -0.4 is 10.1 Å². The van der Waals surface area contributed by atoms with Gasteiger partial charge in [-0.2, -0.15) is 0 Å². The van der Waals surface area contributed by atoms with Gasteiger partial charge in [0.1, 0.15) is 5.75 Å². The van der Waals surface area contributed by atoms with Gasteiger partial charge in [-0.25, -0.2) is 4.79 Å². The molecular weight excluding hydrogens is 363 g/mol. The van der Waals surface area contributed by atoms with Crippen molar-refractivity contribution >= 4 is 30.9 Å². The van der Waals surface area contributed by atoms with Gasteiger partial charge >= 0.3 is 6.09 Å². The summed E-state index contributed by atoms with van der Waals surface area (Å²) in [6.45, 7) is 5.06. The van der Waals surface area contributed by atoms with E-state index in [0.29, 0.717) is 13.2 Å². The van der Waals surface area contributed by atoms with Crippen LogP contribution in [0.25, 0.3) is 11.1 Å². The van der Waals surface area contributed by atoms with Crippen LogP contribution in [0.5, 0.6) is 5.75 Å². The van der Waals surface area contributed by atoms with E-state index in [9.17, 15) is 4.79 Å². The maximum atomic E-state index is 10.8. The lowest BCUT2D eigenvalue weighted by molar-refractivity contribution is 0.191. The molecule has 0 saturated heterocycles. The van der Waals surface area contributed by atoms with Gasteiger partial charge in [0.2, 0.25) is 0 Å². The number of halogens is 2. The van der Waals surface area contributed by atoms with Gasteiger partial charge in [0.25, 0.3) is 0 Å². The Balaban J connectivity index is 0.00000156. The maximum absolute atomic E-state index is 10.8. The molecule has 0 fully saturated rings. The SMILES string of the molecule is Cc1nccc(-c2cccc3c2OCC[C@H]3CNC(=O)O)c1C.Cl.Cl. The molecule has 1 aliphatic rings. The summed E-state index contributed by atoms with van der Waals surface area (Å²) >= 11 is 0. The minimum absolute atomic E-state index is 0. The highest BCUT2D eigenvalue weighted by Gasteiger charge is 2.25. The fourth-order valence-corrected chi connectivity index (χ4v) is 3.06. The number of amides is 1. The van der Waals surface area contributed by atoms with Gasteiger partial charge in [-0.3, -0.25) is 4.98 Å². The van der Waals surface area contributed by atoms with Crippen molar-refractivity contribution in [2.24, 2.45) is 0 Å². The molecule has 0 saturated carbocycles. The van der Waals surface area contributed by atoms with Gasteiger partial charge < -0.3 is 15.2 Å². The summed E-state index contributed by atoms with van der Waals surface area (Å²) in [7, 11) is 0. The molecule has 1 atom stereocenters. The first-order chi connectivity index (χ1) is 11.1. The molecule has 136 valence electrons. The quantitative estimate of drug-likeness (QED) is 0.825. The molecule has 5 nitrogen and oxygen atoms in total. The first-order valence-electron chi connectivity index (χ1n) is 7.73. The third kappa shape index (κ3) is 4.35. The van der Waals surface area contributed by atoms with Crippen molar-refractivity contribution in [3.8, 4) is 16.9 Å². The molecule has 2 N–H and O–H groups in total. The summed E-state index contributed by atoms with van der Waals surface area (Å²) < 4.78 is 5.95. The topological polar surface area (TPSA) is 71.5 Å². The number of ether oxygens (including phenoxy) is 1. The summed E-state index contributed by atoms with van der Waals surface area (Å²) in [5.41, 5.74) is 5.36. The summed E-state index contributed by atoms with van der Waals surface area (Å²) in [5.74, 6) is 1.00. The number of aromatic nitrogens is 1. The zero-order valence-corrected chi connectivity index (χ0v) is 15.7. The Morgan fingerprint density at radius 2 is 2.04 bits per heavy atom. The summed E-state index contributed by atoms with van der Waals surface area (Å²) in [6, 6.07) is 8.08. The zero-order valence-electron chi connectivity index (χ0n) is 14.1. The van der Waals surface area contributed by atoms with Crippen LogP contribution in [0.4, 0.5) is 4.79 Å². The molecular formula is C18H22Cl2N2O3. The Labute approximate surface area is 159 Å². The van der Waals surface area contributed by atoms with E-state index in [1.165, 1.54) is 0 Å². The standard InChI is InChI=1S/C18H20N2O3.2ClH/c1-11-12(2)19-8-6-14(11)16-5-3-4-15-13(10-20-18(21)22)7-9-23-17(15)16;;/h3-6,8,13,20H,7,9-10H2,1-2H3,(H,21,22);2*1H/t13-;;/m0../s1. The molecule has 0 spiro atoms. The highest BCUT2D eigenvalue weighted by atomic mass is 35.5. The van der Waals surface area contributed by atoms with E-state index in [1.54, 1.807) is 0 Å². The fourth-order valence-electron chi connectivity index (χ4n) is 3.06. The monoisotopic (exact) mass is 384 g/mol. The lowest BCUT2D eigenvalue weighted by atomic mass is 9.88. The largest absolute Gasteiger partial charge is 0.493 e. The second-order valence-corrected chi connectivity index (χ2v) is 5.81. The van der Waals surface area contributed by atoms with Gasteiger partial charge in [-0.1, -0.05) is 18.2 Å². The van der Waals surface area contributed by atoms with E-state index in [-0.39, 0.29) is 30.7 Å². The molecule has 0 unspecified atom stereocenters. The van der Waals surface area contributed by atoms with Gasteiger partial charge in [0.05, 0.1) is 6.61 Å². The van der Waals surface area contributed by atoms with Crippen molar-refractivity contribution in [3.05, 3.63) is 47.3 Å². The van der Waals surface area contributed by atoms with E-state index in [1.807, 2.05) is 37.4 Å². The minimum atomic E-state index is -0.991. The lowest BCUT2D eigenvalue weighted by Crippen LogP contribution is -2.29. The van der Waals surface area contributed by atoms with Crippen molar-refractivity contribution in [2.75, 3.05) is 13.2 Å². The number of hydrogen-bond acceptors (Lipinski definition) is 3. The third-order valence-corrected chi connectivity index (χ3v) is 4.44. The van der Waals surface area contributed by atoms with Crippen molar-refractivity contribution in [2.45, 2.75) is 26.2 Å². The molecule has 0 aliphatic carbocycles. The Morgan fingerprint density at radius 1 is 1.28 bits per heavy atom. The van der Waals surface area contributed by atoms with Gasteiger partial charge in [-0.15, -0.1) is 24.8 Å². The molecule has 2 aromatic rings. The minimum Gasteiger partial charge on any atom is -0.493 e. The summed E-state index contributed by atoms with van der Waals surface area (Å²) in [4.78, 5) is 15.1. The molecule has 0 radical (unpaired) electrons. The van der Waals surface area contributed by atoms with Crippen LogP contribution in [0.15, 0.2) is 30.5 Å². The maximum Gasteiger partial charge on any atom is 0.404 e. The van der Waals surface area contributed by atoms with E-state index < -0.39 is 6.09 Å². The highest BCUT2D eigenvalue weighted by molar-refractivity contribution is 5.85. The van der Waals surface area contributed by atoms with Gasteiger partial charge in [0, 0.05) is 29.9 Å². The van der Waals surface area contributed by atoms with Gasteiger partial charge in [-0.05, 0) is 43.0 Å². The normalized spacial score (nSPS) is 15.0. The third-order valence-electron chi connectivity index (χ3n) is 4.44. The number of benzene rings is 1.